The number of piperidine rings is 1. The Balaban J connectivity index is 1.18. The van der Waals surface area contributed by atoms with E-state index in [9.17, 15) is 9.18 Å². The Hall–Kier alpha value is -2.91. The first-order valence-corrected chi connectivity index (χ1v) is 11.2. The maximum atomic E-state index is 13.1. The lowest BCUT2D eigenvalue weighted by Gasteiger charge is -2.39. The first-order chi connectivity index (χ1) is 15.1. The zero-order chi connectivity index (χ0) is 21.6. The van der Waals surface area contributed by atoms with Gasteiger partial charge < -0.3 is 10.6 Å². The summed E-state index contributed by atoms with van der Waals surface area (Å²) in [7, 11) is 0. The molecule has 0 aliphatic carbocycles. The van der Waals surface area contributed by atoms with E-state index in [-0.39, 0.29) is 11.8 Å². The minimum absolute atomic E-state index is 0.170. The average molecular weight is 421 g/mol. The fourth-order valence-electron chi connectivity index (χ4n) is 5.18. The molecule has 2 aromatic rings. The van der Waals surface area contributed by atoms with E-state index in [4.69, 9.17) is 5.26 Å². The van der Waals surface area contributed by atoms with Gasteiger partial charge in [0.25, 0.3) is 0 Å². The summed E-state index contributed by atoms with van der Waals surface area (Å²) in [6, 6.07) is 16.9. The molecular formula is C25H29FN4O. The lowest BCUT2D eigenvalue weighted by Crippen LogP contribution is -2.44. The van der Waals surface area contributed by atoms with E-state index >= 15 is 0 Å². The Morgan fingerprint density at radius 3 is 2.58 bits per heavy atom. The van der Waals surface area contributed by atoms with Crippen LogP contribution in [0.25, 0.3) is 0 Å². The number of amides is 2. The molecular weight excluding hydrogens is 391 g/mol. The van der Waals surface area contributed by atoms with Gasteiger partial charge in [0, 0.05) is 30.9 Å². The second-order valence-corrected chi connectivity index (χ2v) is 8.72. The van der Waals surface area contributed by atoms with Crippen LogP contribution < -0.4 is 10.6 Å². The van der Waals surface area contributed by atoms with E-state index in [1.165, 1.54) is 31.2 Å². The molecule has 4 rings (SSSR count). The number of hydrogen-bond acceptors (Lipinski definition) is 3. The van der Waals surface area contributed by atoms with Gasteiger partial charge >= 0.3 is 6.03 Å². The van der Waals surface area contributed by atoms with E-state index in [1.807, 2.05) is 12.1 Å². The molecule has 5 nitrogen and oxygen atoms in total. The fraction of sp³-hybridized carbons (Fsp3) is 0.440. The molecule has 2 aliphatic rings. The van der Waals surface area contributed by atoms with Crippen LogP contribution in [0.3, 0.4) is 0 Å². The summed E-state index contributed by atoms with van der Waals surface area (Å²) < 4.78 is 13.1. The van der Waals surface area contributed by atoms with Crippen LogP contribution in [0.5, 0.6) is 0 Å². The zero-order valence-corrected chi connectivity index (χ0v) is 17.7. The summed E-state index contributed by atoms with van der Waals surface area (Å²) in [6.07, 6.45) is 6.88. The molecule has 2 aromatic carbocycles. The lowest BCUT2D eigenvalue weighted by atomic mass is 9.85. The molecule has 2 N–H and O–H groups in total. The van der Waals surface area contributed by atoms with E-state index in [2.05, 4.69) is 21.6 Å². The van der Waals surface area contributed by atoms with Crippen molar-refractivity contribution in [1.29, 1.82) is 5.26 Å². The third kappa shape index (κ3) is 5.62. The summed E-state index contributed by atoms with van der Waals surface area (Å²) in [5, 5.41) is 14.6. The van der Waals surface area contributed by atoms with Crippen molar-refractivity contribution in [3.63, 3.8) is 0 Å². The quantitative estimate of drug-likeness (QED) is 0.638. The number of hydrogen-bond donors (Lipinski definition) is 2. The van der Waals surface area contributed by atoms with Crippen LogP contribution in [0.4, 0.5) is 14.9 Å². The topological polar surface area (TPSA) is 68.2 Å². The summed E-state index contributed by atoms with van der Waals surface area (Å²) >= 11 is 0. The minimum atomic E-state index is -0.240. The number of nitriles is 1. The van der Waals surface area contributed by atoms with Crippen molar-refractivity contribution in [1.82, 2.24) is 10.2 Å². The van der Waals surface area contributed by atoms with Crippen LogP contribution in [0.1, 0.15) is 43.2 Å². The Kier molecular flexibility index (Phi) is 6.83. The largest absolute Gasteiger partial charge is 0.338 e. The highest BCUT2D eigenvalue weighted by molar-refractivity contribution is 5.89. The smallest absolute Gasteiger partial charge is 0.319 e. The van der Waals surface area contributed by atoms with E-state index in [0.29, 0.717) is 35.8 Å². The van der Waals surface area contributed by atoms with Gasteiger partial charge in [0.15, 0.2) is 0 Å². The van der Waals surface area contributed by atoms with Crippen molar-refractivity contribution >= 4 is 11.7 Å². The van der Waals surface area contributed by atoms with Crippen LogP contribution in [-0.2, 0) is 6.42 Å². The van der Waals surface area contributed by atoms with E-state index in [0.717, 1.165) is 19.4 Å². The number of nitrogens with one attached hydrogen (secondary N) is 2. The molecule has 31 heavy (non-hydrogen) atoms. The first kappa shape index (κ1) is 21.3. The van der Waals surface area contributed by atoms with Gasteiger partial charge in [-0.05, 0) is 80.3 Å². The number of benzene rings is 2. The highest BCUT2D eigenvalue weighted by atomic mass is 19.1. The monoisotopic (exact) mass is 420 g/mol. The molecule has 1 unspecified atom stereocenters. The molecule has 0 saturated carbocycles. The molecule has 3 atom stereocenters. The SMILES string of the molecule is N#Cc1cccc(NC(=O)NCCCN2[C@@H]3CC[C@H]2CC(Cc2ccc(F)cc2)C3)c1. The molecule has 2 amide bonds. The maximum absolute atomic E-state index is 13.1. The van der Waals surface area contributed by atoms with Gasteiger partial charge in [0.1, 0.15) is 5.82 Å². The van der Waals surface area contributed by atoms with Crippen molar-refractivity contribution in [3.05, 3.63) is 65.5 Å². The van der Waals surface area contributed by atoms with Crippen LogP contribution in [0.2, 0.25) is 0 Å². The molecule has 0 spiro atoms. The van der Waals surface area contributed by atoms with Gasteiger partial charge in [-0.2, -0.15) is 5.26 Å². The van der Waals surface area contributed by atoms with Gasteiger partial charge in [-0.3, -0.25) is 4.90 Å². The van der Waals surface area contributed by atoms with Crippen molar-refractivity contribution in [2.45, 2.75) is 50.6 Å². The number of carbonyl (C=O) groups is 1. The fourth-order valence-corrected chi connectivity index (χ4v) is 5.18. The summed E-state index contributed by atoms with van der Waals surface area (Å²) in [6.45, 7) is 1.63. The van der Waals surface area contributed by atoms with Crippen LogP contribution in [0.15, 0.2) is 48.5 Å². The Morgan fingerprint density at radius 1 is 1.13 bits per heavy atom. The molecule has 2 fully saturated rings. The third-order valence-corrected chi connectivity index (χ3v) is 6.55. The zero-order valence-electron chi connectivity index (χ0n) is 17.7. The number of anilines is 1. The third-order valence-electron chi connectivity index (χ3n) is 6.55. The summed E-state index contributed by atoms with van der Waals surface area (Å²) in [5.74, 6) is 0.504. The highest BCUT2D eigenvalue weighted by Gasteiger charge is 2.39. The van der Waals surface area contributed by atoms with Crippen LogP contribution >= 0.6 is 0 Å². The molecule has 2 heterocycles. The van der Waals surface area contributed by atoms with Crippen LogP contribution in [0, 0.1) is 23.1 Å². The number of nitrogens with zero attached hydrogens (tertiary/aromatic N) is 2. The Bertz CT molecular complexity index is 925. The number of rotatable bonds is 7. The summed E-state index contributed by atoms with van der Waals surface area (Å²) in [4.78, 5) is 14.7. The van der Waals surface area contributed by atoms with Crippen molar-refractivity contribution in [3.8, 4) is 6.07 Å². The number of urea groups is 1. The molecule has 2 aliphatic heterocycles. The standard InChI is InChI=1S/C25H29FN4O/c26-21-7-5-18(6-8-21)13-20-15-23-9-10-24(16-20)30(23)12-2-11-28-25(31)29-22-4-1-3-19(14-22)17-27/h1,3-8,14,20,23-24H,2,9-13,15-16H2,(H2,28,29,31)/t20?,23-,24+. The molecule has 2 bridgehead atoms. The van der Waals surface area contributed by atoms with Gasteiger partial charge in [-0.15, -0.1) is 0 Å². The summed E-state index contributed by atoms with van der Waals surface area (Å²) in [5.41, 5.74) is 2.38. The average Bonchev–Trinajstić information content (AvgIpc) is 3.01. The maximum Gasteiger partial charge on any atom is 0.319 e. The Labute approximate surface area is 183 Å². The Morgan fingerprint density at radius 2 is 1.87 bits per heavy atom. The molecule has 0 radical (unpaired) electrons. The predicted octanol–water partition coefficient (Wildman–Crippen LogP) is 4.69. The first-order valence-electron chi connectivity index (χ1n) is 11.2. The van der Waals surface area contributed by atoms with E-state index < -0.39 is 0 Å². The molecule has 162 valence electrons. The van der Waals surface area contributed by atoms with Gasteiger partial charge in [0.05, 0.1) is 11.6 Å². The minimum Gasteiger partial charge on any atom is -0.338 e. The van der Waals surface area contributed by atoms with Crippen molar-refractivity contribution < 1.29 is 9.18 Å². The molecule has 2 saturated heterocycles. The number of fused-ring (bicyclic) bond motifs is 2. The number of carbonyl (C=O) groups excluding carboxylic acids is 1. The van der Waals surface area contributed by atoms with Gasteiger partial charge in [0.2, 0.25) is 0 Å². The second-order valence-electron chi connectivity index (χ2n) is 8.72. The predicted molar refractivity (Wildman–Crippen MR) is 119 cm³/mol. The highest BCUT2D eigenvalue weighted by Crippen LogP contribution is 2.39. The lowest BCUT2D eigenvalue weighted by molar-refractivity contribution is 0.102. The number of halogens is 1. The van der Waals surface area contributed by atoms with Crippen molar-refractivity contribution in [2.75, 3.05) is 18.4 Å². The normalized spacial score (nSPS) is 22.6. The van der Waals surface area contributed by atoms with E-state index in [1.54, 1.807) is 36.4 Å². The van der Waals surface area contributed by atoms with Crippen molar-refractivity contribution in [2.24, 2.45) is 5.92 Å². The second kappa shape index (κ2) is 9.93. The van der Waals surface area contributed by atoms with Gasteiger partial charge in [-0.25, -0.2) is 9.18 Å². The van der Waals surface area contributed by atoms with Crippen LogP contribution in [-0.4, -0.2) is 36.1 Å². The molecule has 0 aromatic heterocycles. The molecule has 6 heteroatoms. The van der Waals surface area contributed by atoms with Gasteiger partial charge in [-0.1, -0.05) is 18.2 Å².